The molecular weight excluding hydrogens is 1120 g/mol. The van der Waals surface area contributed by atoms with Gasteiger partial charge in [-0.25, -0.2) is 27.5 Å². The molecule has 0 saturated carbocycles. The van der Waals surface area contributed by atoms with Crippen LogP contribution in [0.15, 0.2) is 91.5 Å². The number of piperidine rings is 2. The molecule has 5 aliphatic rings. The van der Waals surface area contributed by atoms with Crippen molar-refractivity contribution in [1.82, 2.24) is 39.8 Å². The number of nitrogens with zero attached hydrogens (tertiary/aromatic N) is 7. The van der Waals surface area contributed by atoms with Gasteiger partial charge in [-0.2, -0.15) is 0 Å². The fourth-order valence-electron chi connectivity index (χ4n) is 13.3. The van der Waals surface area contributed by atoms with E-state index in [4.69, 9.17) is 23.2 Å². The number of benzene rings is 4. The van der Waals surface area contributed by atoms with Crippen molar-refractivity contribution >= 4 is 46.8 Å². The van der Waals surface area contributed by atoms with Gasteiger partial charge in [-0.3, -0.25) is 29.0 Å². The van der Waals surface area contributed by atoms with E-state index in [9.17, 15) is 36.7 Å². The Hall–Kier alpha value is -5.94. The Morgan fingerprint density at radius 1 is 0.560 bits per heavy atom. The van der Waals surface area contributed by atoms with Gasteiger partial charge in [-0.1, -0.05) is 47.5 Å². The van der Waals surface area contributed by atoms with E-state index in [-0.39, 0.29) is 64.4 Å². The molecule has 0 radical (unpaired) electrons. The Morgan fingerprint density at radius 3 is 1.44 bits per heavy atom. The van der Waals surface area contributed by atoms with E-state index in [1.807, 2.05) is 65.8 Å². The number of aromatic nitrogens is 2. The molecule has 0 aliphatic carbocycles. The molecule has 4 amide bonds. The first-order valence-electron chi connectivity index (χ1n) is 29.6. The number of halogens is 6. The van der Waals surface area contributed by atoms with Gasteiger partial charge in [-0.05, 0) is 176 Å². The fraction of sp³-hybridized carbons (Fsp3) is 0.515. The average Bonchev–Trinajstić information content (AvgIpc) is 1.60. The molecule has 1 N–H and O–H groups in total. The predicted molar refractivity (Wildman–Crippen MR) is 320 cm³/mol. The largest absolute Gasteiger partial charge is 0.345 e. The normalized spacial score (nSPS) is 21.6. The molecule has 18 heteroatoms. The van der Waals surface area contributed by atoms with E-state index < -0.39 is 40.5 Å². The lowest BCUT2D eigenvalue weighted by Crippen LogP contribution is -2.50. The van der Waals surface area contributed by atoms with E-state index in [2.05, 4.69) is 72.7 Å². The lowest BCUT2D eigenvalue weighted by Gasteiger charge is -2.40. The number of amides is 4. The zero-order chi connectivity index (χ0) is 60.6. The average molecular weight is 1200 g/mol. The molecule has 450 valence electrons. The number of carbonyl (C=O) groups is 4. The second-order valence-corrected chi connectivity index (χ2v) is 27.1. The van der Waals surface area contributed by atoms with Gasteiger partial charge in [0, 0.05) is 123 Å². The van der Waals surface area contributed by atoms with Crippen molar-refractivity contribution in [1.29, 1.82) is 0 Å². The minimum absolute atomic E-state index is 0.0148. The van der Waals surface area contributed by atoms with Crippen LogP contribution >= 0.6 is 23.2 Å². The predicted octanol–water partition coefficient (Wildman–Crippen LogP) is 12.5. The summed E-state index contributed by atoms with van der Waals surface area (Å²) in [6, 6.07) is 18.7. The van der Waals surface area contributed by atoms with Gasteiger partial charge in [0.2, 0.25) is 17.7 Å². The molecule has 0 bridgehead atoms. The van der Waals surface area contributed by atoms with Crippen LogP contribution in [0.4, 0.5) is 17.6 Å². The van der Waals surface area contributed by atoms with Crippen molar-refractivity contribution in [3.05, 3.63) is 164 Å². The van der Waals surface area contributed by atoms with Gasteiger partial charge < -0.3 is 20.0 Å². The third kappa shape index (κ3) is 13.8. The third-order valence-electron chi connectivity index (χ3n) is 18.4. The molecule has 6 heterocycles. The van der Waals surface area contributed by atoms with Gasteiger partial charge in [0.05, 0.1) is 28.9 Å². The minimum atomic E-state index is -0.694. The Bertz CT molecular complexity index is 3210. The summed E-state index contributed by atoms with van der Waals surface area (Å²) in [5, 5.41) is 4.22. The first-order chi connectivity index (χ1) is 39.7. The fourth-order valence-corrected chi connectivity index (χ4v) is 13.6. The van der Waals surface area contributed by atoms with Crippen LogP contribution in [0.5, 0.6) is 0 Å². The van der Waals surface area contributed by atoms with Crippen molar-refractivity contribution in [2.24, 2.45) is 11.8 Å². The Balaban J connectivity index is 0.000000202. The van der Waals surface area contributed by atoms with E-state index >= 15 is 0 Å². The summed E-state index contributed by atoms with van der Waals surface area (Å²) in [6.07, 6.45) is 8.42. The first kappa shape index (κ1) is 62.6. The lowest BCUT2D eigenvalue weighted by atomic mass is 9.75. The third-order valence-corrected chi connectivity index (χ3v) is 18.9. The smallest absolute Gasteiger partial charge is 0.254 e. The summed E-state index contributed by atoms with van der Waals surface area (Å²) in [5.74, 6) is -3.65. The first-order valence-corrected chi connectivity index (χ1v) is 30.4. The van der Waals surface area contributed by atoms with Crippen molar-refractivity contribution in [3.8, 4) is 0 Å². The standard InChI is InChI=1S/C33H38ClF2N5O2.C33H42ClF2N3O2/c1-20(39-31(42)22-15-37-19-38-16-22)27-13-23(34)5-7-25(27)21-9-11-40(12-10-21)32(43)29-18-41(33(2,3)4)17-28(29)26-8-6-24(35)14-30(26)36;1-32(2,3)39-19-26(25-10-8-23(35)18-29(25)36)27(20-39)30(40)37-15-11-21(12-16-37)24-9-7-22(34)17-28(24)33(4,5)31(41)38-13-6-14-38/h5-8,13-16,19-21,28-29H,9-12,17-18H2,1-4H3,(H,39,42);7-10,17-18,21,26-27H,6,11-16,19-20H2,1-5H3/t20?,28-,29?;26-,27?/m00/s1. The van der Waals surface area contributed by atoms with Crippen LogP contribution < -0.4 is 5.32 Å². The number of likely N-dealkylation sites (tertiary alicyclic amines) is 5. The van der Waals surface area contributed by atoms with Crippen LogP contribution in [0.1, 0.15) is 168 Å². The Labute approximate surface area is 502 Å². The second kappa shape index (κ2) is 25.6. The molecule has 1 aromatic heterocycles. The van der Waals surface area contributed by atoms with Crippen LogP contribution in [-0.2, 0) is 19.8 Å². The summed E-state index contributed by atoms with van der Waals surface area (Å²) in [7, 11) is 0. The molecule has 5 fully saturated rings. The SMILES string of the molecule is CC(C)(C(=O)N1CCC1)c1cc(Cl)ccc1C1CCN(C(=O)C2CN(C(C)(C)C)C[C@H]2c2ccc(F)cc2F)CC1.CC(NC(=O)c1cncnc1)c1cc(Cl)ccc1C1CCN(C(=O)C2CN(C(C)(C)C)C[C@H]2c2ccc(F)cc2F)CC1. The van der Waals surface area contributed by atoms with Crippen LogP contribution in [0.2, 0.25) is 10.0 Å². The van der Waals surface area contributed by atoms with Gasteiger partial charge in [0.1, 0.15) is 29.6 Å². The highest BCUT2D eigenvalue weighted by Crippen LogP contribution is 2.44. The minimum Gasteiger partial charge on any atom is -0.345 e. The van der Waals surface area contributed by atoms with Crippen LogP contribution in [0.25, 0.3) is 0 Å². The van der Waals surface area contributed by atoms with Crippen molar-refractivity contribution in [2.45, 2.75) is 141 Å². The maximum atomic E-state index is 14.9. The molecule has 5 aromatic rings. The summed E-state index contributed by atoms with van der Waals surface area (Å²) >= 11 is 12.8. The Kier molecular flexibility index (Phi) is 19.0. The van der Waals surface area contributed by atoms with Crippen molar-refractivity contribution in [2.75, 3.05) is 65.4 Å². The van der Waals surface area contributed by atoms with Gasteiger partial charge >= 0.3 is 0 Å². The molecule has 84 heavy (non-hydrogen) atoms. The molecule has 5 saturated heterocycles. The highest BCUT2D eigenvalue weighted by atomic mass is 35.5. The second-order valence-electron chi connectivity index (χ2n) is 26.2. The topological polar surface area (TPSA) is 122 Å². The van der Waals surface area contributed by atoms with Crippen molar-refractivity contribution < 1.29 is 36.7 Å². The number of carbonyl (C=O) groups excluding carboxylic acids is 4. The number of hydrogen-bond acceptors (Lipinski definition) is 8. The number of rotatable bonds is 11. The van der Waals surface area contributed by atoms with Gasteiger partial charge in [0.25, 0.3) is 5.91 Å². The molecule has 5 atom stereocenters. The van der Waals surface area contributed by atoms with Crippen LogP contribution in [0, 0.1) is 35.1 Å². The van der Waals surface area contributed by atoms with E-state index in [1.165, 1.54) is 43.0 Å². The molecule has 5 aliphatic heterocycles. The van der Waals surface area contributed by atoms with Gasteiger partial charge in [-0.15, -0.1) is 0 Å². The molecule has 3 unspecified atom stereocenters. The quantitative estimate of drug-likeness (QED) is 0.130. The summed E-state index contributed by atoms with van der Waals surface area (Å²) in [4.78, 5) is 72.1. The van der Waals surface area contributed by atoms with E-state index in [1.54, 1.807) is 0 Å². The molecule has 12 nitrogen and oxygen atoms in total. The maximum absolute atomic E-state index is 14.9. The summed E-state index contributed by atoms with van der Waals surface area (Å²) < 4.78 is 57.2. The highest BCUT2D eigenvalue weighted by Gasteiger charge is 2.47. The zero-order valence-corrected chi connectivity index (χ0v) is 51.4. The summed E-state index contributed by atoms with van der Waals surface area (Å²) in [5.41, 5.74) is 4.24. The van der Waals surface area contributed by atoms with Crippen LogP contribution in [0.3, 0.4) is 0 Å². The number of hydrogen-bond donors (Lipinski definition) is 1. The molecular formula is C66H80Cl2F4N8O4. The van der Waals surface area contributed by atoms with Crippen LogP contribution in [-0.4, -0.2) is 135 Å². The van der Waals surface area contributed by atoms with Crippen molar-refractivity contribution in [3.63, 3.8) is 0 Å². The maximum Gasteiger partial charge on any atom is 0.254 e. The van der Waals surface area contributed by atoms with E-state index in [0.29, 0.717) is 79.1 Å². The number of nitrogens with one attached hydrogen (secondary N) is 1. The lowest BCUT2D eigenvalue weighted by molar-refractivity contribution is -0.140. The molecule has 10 rings (SSSR count). The zero-order valence-electron chi connectivity index (χ0n) is 49.8. The highest BCUT2D eigenvalue weighted by molar-refractivity contribution is 6.31. The Morgan fingerprint density at radius 2 is 1.00 bits per heavy atom. The monoisotopic (exact) mass is 1190 g/mol. The molecule has 4 aromatic carbocycles. The van der Waals surface area contributed by atoms with Gasteiger partial charge in [0.15, 0.2) is 0 Å². The summed E-state index contributed by atoms with van der Waals surface area (Å²) in [6.45, 7) is 24.5. The molecule has 0 spiro atoms. The van der Waals surface area contributed by atoms with E-state index in [0.717, 1.165) is 79.6 Å².